The number of amides is 1. The fourth-order valence-electron chi connectivity index (χ4n) is 1.49. The highest BCUT2D eigenvalue weighted by molar-refractivity contribution is 5.97. The molecule has 0 spiro atoms. The lowest BCUT2D eigenvalue weighted by molar-refractivity contribution is -0.117. The summed E-state index contributed by atoms with van der Waals surface area (Å²) in [5.41, 5.74) is 5.86. The molecule has 0 aliphatic heterocycles. The van der Waals surface area contributed by atoms with Gasteiger partial charge in [-0.1, -0.05) is 0 Å². The average Bonchev–Trinajstić information content (AvgIpc) is 2.14. The number of primary amides is 1. The van der Waals surface area contributed by atoms with Gasteiger partial charge in [-0.3, -0.25) is 14.4 Å². The highest BCUT2D eigenvalue weighted by Crippen LogP contribution is 2.11. The van der Waals surface area contributed by atoms with E-state index in [0.717, 1.165) is 0 Å². The zero-order valence-electron chi connectivity index (χ0n) is 9.69. The molecule has 0 aliphatic carbocycles. The van der Waals surface area contributed by atoms with E-state index in [1.165, 1.54) is 20.2 Å². The van der Waals surface area contributed by atoms with Crippen molar-refractivity contribution in [2.24, 2.45) is 5.73 Å². The Bertz CT molecular complexity index is 449. The first-order chi connectivity index (χ1) is 7.91. The monoisotopic (exact) mass is 235 g/mol. The second-order valence-electron chi connectivity index (χ2n) is 3.76. The molecule has 0 atom stereocenters. The maximum Gasteiger partial charge on any atom is 0.252 e. The van der Waals surface area contributed by atoms with Crippen molar-refractivity contribution in [3.05, 3.63) is 23.3 Å². The standard InChI is InChI=1S/C11H13N3O3/c1-6(15)3-8-10(11(12)17)9(4-7(2)16)14-5-13-8/h5H,3-4H2,1-2H3,(H2,12,17). The number of nitrogens with zero attached hydrogens (tertiary/aromatic N) is 2. The topological polar surface area (TPSA) is 103 Å². The number of aromatic nitrogens is 2. The third-order valence-corrected chi connectivity index (χ3v) is 2.08. The second kappa shape index (κ2) is 5.29. The molecule has 0 saturated carbocycles. The molecule has 2 N–H and O–H groups in total. The van der Waals surface area contributed by atoms with E-state index in [1.807, 2.05) is 0 Å². The van der Waals surface area contributed by atoms with Gasteiger partial charge in [-0.15, -0.1) is 0 Å². The zero-order chi connectivity index (χ0) is 13.0. The molecule has 0 bridgehead atoms. The van der Waals surface area contributed by atoms with Crippen molar-refractivity contribution in [3.63, 3.8) is 0 Å². The number of nitrogens with two attached hydrogens (primary N) is 1. The third-order valence-electron chi connectivity index (χ3n) is 2.08. The molecule has 6 heteroatoms. The van der Waals surface area contributed by atoms with Crippen LogP contribution in [0, 0.1) is 0 Å². The van der Waals surface area contributed by atoms with Crippen LogP contribution < -0.4 is 5.73 Å². The van der Waals surface area contributed by atoms with Gasteiger partial charge in [0.15, 0.2) is 0 Å². The lowest BCUT2D eigenvalue weighted by Crippen LogP contribution is -2.21. The van der Waals surface area contributed by atoms with Crippen LogP contribution in [0.15, 0.2) is 6.33 Å². The third kappa shape index (κ3) is 3.44. The Labute approximate surface area is 98.2 Å². The fraction of sp³-hybridized carbons (Fsp3) is 0.364. The molecule has 0 fully saturated rings. The molecule has 17 heavy (non-hydrogen) atoms. The molecule has 0 saturated heterocycles. The summed E-state index contributed by atoms with van der Waals surface area (Å²) in [5, 5.41) is 0. The van der Waals surface area contributed by atoms with Gasteiger partial charge in [0.25, 0.3) is 5.91 Å². The van der Waals surface area contributed by atoms with Crippen LogP contribution in [0.3, 0.4) is 0 Å². The number of carbonyl (C=O) groups excluding carboxylic acids is 3. The summed E-state index contributed by atoms with van der Waals surface area (Å²) in [5.74, 6) is -1.00. The average molecular weight is 235 g/mol. The van der Waals surface area contributed by atoms with Crippen LogP contribution in [0.1, 0.15) is 35.6 Å². The molecule has 1 aromatic rings. The van der Waals surface area contributed by atoms with Crippen molar-refractivity contribution in [3.8, 4) is 0 Å². The van der Waals surface area contributed by atoms with Gasteiger partial charge in [0.1, 0.15) is 17.9 Å². The van der Waals surface area contributed by atoms with Crippen LogP contribution in [0.5, 0.6) is 0 Å². The highest BCUT2D eigenvalue weighted by atomic mass is 16.1. The van der Waals surface area contributed by atoms with Crippen LogP contribution in [0.25, 0.3) is 0 Å². The van der Waals surface area contributed by atoms with Crippen LogP contribution in [0.4, 0.5) is 0 Å². The molecule has 0 aliphatic rings. The van der Waals surface area contributed by atoms with E-state index in [9.17, 15) is 14.4 Å². The SMILES string of the molecule is CC(=O)Cc1ncnc(CC(C)=O)c1C(N)=O. The first-order valence-electron chi connectivity index (χ1n) is 5.03. The quantitative estimate of drug-likeness (QED) is 0.763. The molecule has 1 rings (SSSR count). The van der Waals surface area contributed by atoms with Crippen molar-refractivity contribution in [2.75, 3.05) is 0 Å². The minimum Gasteiger partial charge on any atom is -0.365 e. The molecule has 0 radical (unpaired) electrons. The van der Waals surface area contributed by atoms with E-state index in [0.29, 0.717) is 0 Å². The summed E-state index contributed by atoms with van der Waals surface area (Å²) < 4.78 is 0. The molecule has 1 aromatic heterocycles. The molecule has 6 nitrogen and oxygen atoms in total. The van der Waals surface area contributed by atoms with Crippen molar-refractivity contribution >= 4 is 17.5 Å². The number of Topliss-reactive ketones (excluding diaryl/α,β-unsaturated/α-hetero) is 2. The van der Waals surface area contributed by atoms with Crippen LogP contribution in [0.2, 0.25) is 0 Å². The van der Waals surface area contributed by atoms with Gasteiger partial charge in [-0.05, 0) is 13.8 Å². The first-order valence-corrected chi connectivity index (χ1v) is 5.03. The number of hydrogen-bond donors (Lipinski definition) is 1. The summed E-state index contributed by atoms with van der Waals surface area (Å²) in [6.45, 7) is 2.77. The fourth-order valence-corrected chi connectivity index (χ4v) is 1.49. The molecular formula is C11H13N3O3. The Balaban J connectivity index is 3.26. The minimum atomic E-state index is -0.724. The predicted molar refractivity (Wildman–Crippen MR) is 59.3 cm³/mol. The van der Waals surface area contributed by atoms with Crippen molar-refractivity contribution < 1.29 is 14.4 Å². The Kier molecular flexibility index (Phi) is 4.03. The van der Waals surface area contributed by atoms with Crippen molar-refractivity contribution in [1.82, 2.24) is 9.97 Å². The van der Waals surface area contributed by atoms with E-state index < -0.39 is 5.91 Å². The van der Waals surface area contributed by atoms with Gasteiger partial charge < -0.3 is 5.73 Å². The Hall–Kier alpha value is -2.11. The highest BCUT2D eigenvalue weighted by Gasteiger charge is 2.18. The maximum absolute atomic E-state index is 11.3. The molecule has 0 unspecified atom stereocenters. The normalized spacial score (nSPS) is 10.0. The van der Waals surface area contributed by atoms with Crippen molar-refractivity contribution in [2.45, 2.75) is 26.7 Å². The number of rotatable bonds is 5. The molecule has 0 aromatic carbocycles. The lowest BCUT2D eigenvalue weighted by atomic mass is 10.0. The van der Waals surface area contributed by atoms with Crippen molar-refractivity contribution in [1.29, 1.82) is 0 Å². The Morgan fingerprint density at radius 3 is 1.76 bits per heavy atom. The van der Waals surface area contributed by atoms with E-state index in [4.69, 9.17) is 5.73 Å². The largest absolute Gasteiger partial charge is 0.365 e. The maximum atomic E-state index is 11.3. The summed E-state index contributed by atoms with van der Waals surface area (Å²) >= 11 is 0. The molecule has 1 amide bonds. The smallest absolute Gasteiger partial charge is 0.252 e. The Morgan fingerprint density at radius 1 is 1.06 bits per heavy atom. The Morgan fingerprint density at radius 2 is 1.47 bits per heavy atom. The van der Waals surface area contributed by atoms with Gasteiger partial charge in [-0.25, -0.2) is 9.97 Å². The minimum absolute atomic E-state index is 0.00565. The molecule has 1 heterocycles. The predicted octanol–water partition coefficient (Wildman–Crippen LogP) is -0.161. The van der Waals surface area contributed by atoms with E-state index >= 15 is 0 Å². The molecule has 90 valence electrons. The molecular weight excluding hydrogens is 222 g/mol. The van der Waals surface area contributed by atoms with Gasteiger partial charge in [-0.2, -0.15) is 0 Å². The van der Waals surface area contributed by atoms with Crippen LogP contribution in [-0.4, -0.2) is 27.4 Å². The van der Waals surface area contributed by atoms with Crippen LogP contribution in [-0.2, 0) is 22.4 Å². The second-order valence-corrected chi connectivity index (χ2v) is 3.76. The summed E-state index contributed by atoms with van der Waals surface area (Å²) in [6, 6.07) is 0. The number of ketones is 2. The number of hydrogen-bond acceptors (Lipinski definition) is 5. The van der Waals surface area contributed by atoms with Gasteiger partial charge in [0.2, 0.25) is 0 Å². The number of carbonyl (C=O) groups is 3. The van der Waals surface area contributed by atoms with E-state index in [-0.39, 0.29) is 41.4 Å². The lowest BCUT2D eigenvalue weighted by Gasteiger charge is -2.08. The summed E-state index contributed by atoms with van der Waals surface area (Å²) in [6.07, 6.45) is 1.24. The first kappa shape index (κ1) is 13.0. The van der Waals surface area contributed by atoms with Gasteiger partial charge in [0, 0.05) is 12.8 Å². The van der Waals surface area contributed by atoms with Crippen LogP contribution >= 0.6 is 0 Å². The summed E-state index contributed by atoms with van der Waals surface area (Å²) in [4.78, 5) is 41.1. The van der Waals surface area contributed by atoms with Gasteiger partial charge in [0.05, 0.1) is 17.0 Å². The van der Waals surface area contributed by atoms with Gasteiger partial charge >= 0.3 is 0 Å². The zero-order valence-corrected chi connectivity index (χ0v) is 9.69. The summed E-state index contributed by atoms with van der Waals surface area (Å²) in [7, 11) is 0. The van der Waals surface area contributed by atoms with E-state index in [2.05, 4.69) is 9.97 Å². The van der Waals surface area contributed by atoms with E-state index in [1.54, 1.807) is 0 Å².